The van der Waals surface area contributed by atoms with Crippen LogP contribution >= 0.6 is 0 Å². The van der Waals surface area contributed by atoms with Crippen molar-refractivity contribution in [3.05, 3.63) is 0 Å². The van der Waals surface area contributed by atoms with Crippen LogP contribution in [0.1, 0.15) is 53.4 Å². The molecule has 1 aliphatic carbocycles. The summed E-state index contributed by atoms with van der Waals surface area (Å²) in [5.41, 5.74) is -0.395. The summed E-state index contributed by atoms with van der Waals surface area (Å²) in [5.74, 6) is 1.45. The molecule has 3 atom stereocenters. The van der Waals surface area contributed by atoms with Gasteiger partial charge in [0.15, 0.2) is 0 Å². The van der Waals surface area contributed by atoms with Crippen LogP contribution in [0.3, 0.4) is 0 Å². The summed E-state index contributed by atoms with van der Waals surface area (Å²) in [6, 6.07) is 0.695. The third-order valence-corrected chi connectivity index (χ3v) is 4.33. The van der Waals surface area contributed by atoms with Gasteiger partial charge in [0.1, 0.15) is 5.60 Å². The predicted molar refractivity (Wildman–Crippen MR) is 80.7 cm³/mol. The van der Waals surface area contributed by atoms with E-state index in [-0.39, 0.29) is 6.09 Å². The summed E-state index contributed by atoms with van der Waals surface area (Å²) in [4.78, 5) is 13.8. The average molecular weight is 282 g/mol. The van der Waals surface area contributed by atoms with Crippen molar-refractivity contribution in [1.29, 1.82) is 0 Å². The highest BCUT2D eigenvalue weighted by atomic mass is 16.6. The fourth-order valence-corrected chi connectivity index (χ4v) is 3.22. The van der Waals surface area contributed by atoms with Crippen LogP contribution in [-0.2, 0) is 4.74 Å². The molecule has 1 N–H and O–H groups in total. The minimum absolute atomic E-state index is 0.158. The highest BCUT2D eigenvalue weighted by Crippen LogP contribution is 2.25. The van der Waals surface area contributed by atoms with Gasteiger partial charge in [-0.1, -0.05) is 6.92 Å². The van der Waals surface area contributed by atoms with Gasteiger partial charge in [-0.2, -0.15) is 0 Å². The molecule has 0 spiro atoms. The van der Waals surface area contributed by atoms with E-state index in [1.54, 1.807) is 0 Å². The lowest BCUT2D eigenvalue weighted by Crippen LogP contribution is -2.37. The van der Waals surface area contributed by atoms with Crippen LogP contribution in [0.2, 0.25) is 0 Å². The molecule has 4 nitrogen and oxygen atoms in total. The smallest absolute Gasteiger partial charge is 0.410 e. The Kier molecular flexibility index (Phi) is 4.95. The van der Waals surface area contributed by atoms with E-state index in [1.165, 1.54) is 19.3 Å². The molecule has 1 saturated carbocycles. The molecule has 2 fully saturated rings. The van der Waals surface area contributed by atoms with Crippen molar-refractivity contribution in [2.75, 3.05) is 19.6 Å². The second kappa shape index (κ2) is 6.33. The first kappa shape index (κ1) is 15.6. The molecule has 0 radical (unpaired) electrons. The van der Waals surface area contributed by atoms with E-state index >= 15 is 0 Å². The van der Waals surface area contributed by atoms with E-state index in [1.807, 2.05) is 25.7 Å². The van der Waals surface area contributed by atoms with Gasteiger partial charge < -0.3 is 15.0 Å². The van der Waals surface area contributed by atoms with Gasteiger partial charge in [-0.25, -0.2) is 4.79 Å². The third kappa shape index (κ3) is 4.65. The van der Waals surface area contributed by atoms with Crippen molar-refractivity contribution in [3.8, 4) is 0 Å². The molecule has 1 amide bonds. The van der Waals surface area contributed by atoms with Crippen LogP contribution in [0.15, 0.2) is 0 Å². The van der Waals surface area contributed by atoms with Crippen LogP contribution in [0.4, 0.5) is 4.79 Å². The van der Waals surface area contributed by atoms with Crippen molar-refractivity contribution < 1.29 is 9.53 Å². The molecule has 116 valence electrons. The Morgan fingerprint density at radius 3 is 2.65 bits per heavy atom. The molecular weight excluding hydrogens is 252 g/mol. The molecule has 2 aliphatic rings. The highest BCUT2D eigenvalue weighted by molar-refractivity contribution is 5.68. The molecule has 0 bridgehead atoms. The van der Waals surface area contributed by atoms with Gasteiger partial charge in [-0.05, 0) is 64.8 Å². The molecule has 0 aromatic heterocycles. The van der Waals surface area contributed by atoms with Crippen LogP contribution in [0.5, 0.6) is 0 Å². The van der Waals surface area contributed by atoms with Crippen molar-refractivity contribution in [2.24, 2.45) is 11.8 Å². The van der Waals surface area contributed by atoms with E-state index < -0.39 is 5.60 Å². The van der Waals surface area contributed by atoms with Crippen LogP contribution in [-0.4, -0.2) is 42.3 Å². The Bertz CT molecular complexity index is 338. The second-order valence-electron chi connectivity index (χ2n) is 7.60. The third-order valence-electron chi connectivity index (χ3n) is 4.33. The molecule has 0 aromatic rings. The van der Waals surface area contributed by atoms with E-state index in [0.717, 1.165) is 32.0 Å². The summed E-state index contributed by atoms with van der Waals surface area (Å²) < 4.78 is 5.43. The van der Waals surface area contributed by atoms with Crippen LogP contribution in [0, 0.1) is 11.8 Å². The standard InChI is InChI=1S/C16H30N2O2/c1-12-5-6-14(9-12)17-10-13-7-8-18(11-13)15(19)20-16(2,3)4/h12-14,17H,5-11H2,1-4H3. The Morgan fingerprint density at radius 2 is 2.05 bits per heavy atom. The molecule has 20 heavy (non-hydrogen) atoms. The highest BCUT2D eigenvalue weighted by Gasteiger charge is 2.30. The fraction of sp³-hybridized carbons (Fsp3) is 0.938. The van der Waals surface area contributed by atoms with Gasteiger partial charge in [0.25, 0.3) is 0 Å². The largest absolute Gasteiger partial charge is 0.444 e. The van der Waals surface area contributed by atoms with Crippen molar-refractivity contribution in [3.63, 3.8) is 0 Å². The zero-order chi connectivity index (χ0) is 14.8. The summed E-state index contributed by atoms with van der Waals surface area (Å²) in [7, 11) is 0. The number of hydrogen-bond acceptors (Lipinski definition) is 3. The lowest BCUT2D eigenvalue weighted by molar-refractivity contribution is 0.0288. The number of carbonyl (C=O) groups excluding carboxylic acids is 1. The van der Waals surface area contributed by atoms with Crippen molar-refractivity contribution in [2.45, 2.75) is 65.0 Å². The fourth-order valence-electron chi connectivity index (χ4n) is 3.22. The lowest BCUT2D eigenvalue weighted by Gasteiger charge is -2.24. The van der Waals surface area contributed by atoms with E-state index in [9.17, 15) is 4.79 Å². The van der Waals surface area contributed by atoms with E-state index in [0.29, 0.717) is 12.0 Å². The Morgan fingerprint density at radius 1 is 1.30 bits per heavy atom. The zero-order valence-corrected chi connectivity index (χ0v) is 13.4. The minimum atomic E-state index is -0.395. The van der Waals surface area contributed by atoms with Crippen molar-refractivity contribution >= 4 is 6.09 Å². The maximum absolute atomic E-state index is 12.0. The number of amides is 1. The molecule has 3 unspecified atom stereocenters. The Labute approximate surface area is 123 Å². The summed E-state index contributed by atoms with van der Waals surface area (Å²) in [6.07, 6.45) is 4.90. The first-order chi connectivity index (χ1) is 9.33. The molecule has 1 saturated heterocycles. The average Bonchev–Trinajstić information content (AvgIpc) is 2.93. The first-order valence-electron chi connectivity index (χ1n) is 8.05. The first-order valence-corrected chi connectivity index (χ1v) is 8.05. The van der Waals surface area contributed by atoms with Gasteiger partial charge >= 0.3 is 6.09 Å². The number of rotatable bonds is 3. The predicted octanol–water partition coefficient (Wildman–Crippen LogP) is 3.02. The van der Waals surface area contributed by atoms with Gasteiger partial charge in [0.2, 0.25) is 0 Å². The number of carbonyl (C=O) groups is 1. The molecule has 1 heterocycles. The number of ether oxygens (including phenoxy) is 1. The Hall–Kier alpha value is -0.770. The van der Waals surface area contributed by atoms with Crippen LogP contribution < -0.4 is 5.32 Å². The van der Waals surface area contributed by atoms with Gasteiger partial charge in [-0.15, -0.1) is 0 Å². The Balaban J connectivity index is 1.68. The van der Waals surface area contributed by atoms with E-state index in [4.69, 9.17) is 4.74 Å². The number of nitrogens with one attached hydrogen (secondary N) is 1. The number of nitrogens with zero attached hydrogens (tertiary/aromatic N) is 1. The monoisotopic (exact) mass is 282 g/mol. The molecule has 4 heteroatoms. The zero-order valence-electron chi connectivity index (χ0n) is 13.4. The van der Waals surface area contributed by atoms with E-state index in [2.05, 4.69) is 12.2 Å². The summed E-state index contributed by atoms with van der Waals surface area (Å²) >= 11 is 0. The SMILES string of the molecule is CC1CCC(NCC2CCN(C(=O)OC(C)(C)C)C2)C1. The van der Waals surface area contributed by atoms with Gasteiger partial charge in [-0.3, -0.25) is 0 Å². The van der Waals surface area contributed by atoms with Crippen molar-refractivity contribution in [1.82, 2.24) is 10.2 Å². The normalized spacial score (nSPS) is 30.8. The molecular formula is C16H30N2O2. The quantitative estimate of drug-likeness (QED) is 0.865. The molecule has 0 aromatic carbocycles. The lowest BCUT2D eigenvalue weighted by atomic mass is 10.1. The van der Waals surface area contributed by atoms with Gasteiger partial charge in [0.05, 0.1) is 0 Å². The minimum Gasteiger partial charge on any atom is -0.444 e. The summed E-state index contributed by atoms with van der Waals surface area (Å²) in [6.45, 7) is 10.8. The summed E-state index contributed by atoms with van der Waals surface area (Å²) in [5, 5.41) is 3.68. The maximum atomic E-state index is 12.0. The number of likely N-dealkylation sites (tertiary alicyclic amines) is 1. The molecule has 1 aliphatic heterocycles. The second-order valence-corrected chi connectivity index (χ2v) is 7.60. The van der Waals surface area contributed by atoms with Gasteiger partial charge in [0, 0.05) is 19.1 Å². The topological polar surface area (TPSA) is 41.6 Å². The maximum Gasteiger partial charge on any atom is 0.410 e. The molecule has 2 rings (SSSR count). The van der Waals surface area contributed by atoms with Crippen LogP contribution in [0.25, 0.3) is 0 Å². The number of hydrogen-bond donors (Lipinski definition) is 1.